The standard InChI is InChI=1S/C30H35ClN2O2/c1-22-14-16-24(17-15-22)21-33(28(34)19-18-25-12-8-9-13-26(25)31)27(29(35)32-30(2,3)4)20-23-10-6-5-7-11-23/h5-17,27H,18-21H2,1-4H3,(H,32,35)/t27-/m0/s1. The zero-order chi connectivity index (χ0) is 25.4. The second-order valence-corrected chi connectivity index (χ2v) is 10.5. The van der Waals surface area contributed by atoms with Crippen LogP contribution in [-0.2, 0) is 29.0 Å². The highest BCUT2D eigenvalue weighted by atomic mass is 35.5. The zero-order valence-electron chi connectivity index (χ0n) is 21.1. The summed E-state index contributed by atoms with van der Waals surface area (Å²) < 4.78 is 0. The first-order chi connectivity index (χ1) is 16.6. The van der Waals surface area contributed by atoms with Gasteiger partial charge in [0.15, 0.2) is 0 Å². The predicted octanol–water partition coefficient (Wildman–Crippen LogP) is 6.14. The van der Waals surface area contributed by atoms with Gasteiger partial charge in [0.2, 0.25) is 11.8 Å². The molecule has 5 heteroatoms. The molecule has 3 aromatic carbocycles. The van der Waals surface area contributed by atoms with Crippen LogP contribution in [0.1, 0.15) is 49.4 Å². The van der Waals surface area contributed by atoms with E-state index in [2.05, 4.69) is 5.32 Å². The molecule has 3 aromatic rings. The second-order valence-electron chi connectivity index (χ2n) is 10.0. The van der Waals surface area contributed by atoms with E-state index in [-0.39, 0.29) is 18.2 Å². The summed E-state index contributed by atoms with van der Waals surface area (Å²) in [6.07, 6.45) is 1.22. The van der Waals surface area contributed by atoms with Crippen LogP contribution in [0.5, 0.6) is 0 Å². The molecule has 1 atom stereocenters. The molecule has 0 aliphatic rings. The molecule has 0 radical (unpaired) electrons. The van der Waals surface area contributed by atoms with E-state index < -0.39 is 11.6 Å². The first-order valence-corrected chi connectivity index (χ1v) is 12.4. The lowest BCUT2D eigenvalue weighted by Crippen LogP contribution is -2.54. The Bertz CT molecular complexity index is 1120. The van der Waals surface area contributed by atoms with Crippen molar-refractivity contribution in [1.82, 2.24) is 10.2 Å². The fourth-order valence-electron chi connectivity index (χ4n) is 3.98. The molecule has 0 saturated carbocycles. The summed E-state index contributed by atoms with van der Waals surface area (Å²) in [5, 5.41) is 3.75. The summed E-state index contributed by atoms with van der Waals surface area (Å²) in [6.45, 7) is 8.25. The SMILES string of the molecule is Cc1ccc(CN(C(=O)CCc2ccccc2Cl)[C@@H](Cc2ccccc2)C(=O)NC(C)(C)C)cc1. The Balaban J connectivity index is 1.93. The summed E-state index contributed by atoms with van der Waals surface area (Å²) >= 11 is 6.34. The van der Waals surface area contributed by atoms with Crippen molar-refractivity contribution in [2.75, 3.05) is 0 Å². The quantitative estimate of drug-likeness (QED) is 0.392. The van der Waals surface area contributed by atoms with Gasteiger partial charge in [-0.15, -0.1) is 0 Å². The van der Waals surface area contributed by atoms with Crippen LogP contribution < -0.4 is 5.32 Å². The number of hydrogen-bond donors (Lipinski definition) is 1. The average molecular weight is 491 g/mol. The van der Waals surface area contributed by atoms with Gasteiger partial charge in [0.25, 0.3) is 0 Å². The van der Waals surface area contributed by atoms with Crippen LogP contribution in [0.2, 0.25) is 5.02 Å². The predicted molar refractivity (Wildman–Crippen MR) is 143 cm³/mol. The Labute approximate surface area is 214 Å². The van der Waals surface area contributed by atoms with Crippen molar-refractivity contribution >= 4 is 23.4 Å². The minimum Gasteiger partial charge on any atom is -0.350 e. The van der Waals surface area contributed by atoms with Crippen molar-refractivity contribution in [3.05, 3.63) is 106 Å². The maximum absolute atomic E-state index is 13.7. The van der Waals surface area contributed by atoms with Gasteiger partial charge in [-0.1, -0.05) is 90.0 Å². The molecule has 35 heavy (non-hydrogen) atoms. The Morgan fingerprint density at radius 1 is 0.886 bits per heavy atom. The third kappa shape index (κ3) is 8.25. The first kappa shape index (κ1) is 26.5. The van der Waals surface area contributed by atoms with Gasteiger partial charge in [-0.2, -0.15) is 0 Å². The number of rotatable bonds is 9. The highest BCUT2D eigenvalue weighted by Gasteiger charge is 2.32. The number of carbonyl (C=O) groups is 2. The van der Waals surface area contributed by atoms with Crippen molar-refractivity contribution in [2.24, 2.45) is 0 Å². The van der Waals surface area contributed by atoms with E-state index >= 15 is 0 Å². The second kappa shape index (κ2) is 12.0. The minimum atomic E-state index is -0.642. The number of halogens is 1. The molecule has 2 amide bonds. The molecule has 184 valence electrons. The molecular formula is C30H35ClN2O2. The molecule has 4 nitrogen and oxygen atoms in total. The van der Waals surface area contributed by atoms with Crippen LogP contribution in [0.4, 0.5) is 0 Å². The molecule has 0 saturated heterocycles. The van der Waals surface area contributed by atoms with E-state index in [4.69, 9.17) is 11.6 Å². The number of carbonyl (C=O) groups excluding carboxylic acids is 2. The van der Waals surface area contributed by atoms with Crippen LogP contribution in [0.25, 0.3) is 0 Å². The van der Waals surface area contributed by atoms with Crippen LogP contribution >= 0.6 is 11.6 Å². The monoisotopic (exact) mass is 490 g/mol. The van der Waals surface area contributed by atoms with Crippen molar-refractivity contribution in [1.29, 1.82) is 0 Å². The van der Waals surface area contributed by atoms with Gasteiger partial charge < -0.3 is 10.2 Å². The van der Waals surface area contributed by atoms with Gasteiger partial charge in [-0.3, -0.25) is 9.59 Å². The topological polar surface area (TPSA) is 49.4 Å². The van der Waals surface area contributed by atoms with Gasteiger partial charge in [-0.25, -0.2) is 0 Å². The Morgan fingerprint density at radius 3 is 2.14 bits per heavy atom. The molecule has 0 aromatic heterocycles. The molecule has 0 unspecified atom stereocenters. The van der Waals surface area contributed by atoms with Crippen molar-refractivity contribution < 1.29 is 9.59 Å². The molecule has 3 rings (SSSR count). The fourth-order valence-corrected chi connectivity index (χ4v) is 4.21. The van der Waals surface area contributed by atoms with Gasteiger partial charge in [0.05, 0.1) is 0 Å². The molecule has 0 fully saturated rings. The molecule has 0 bridgehead atoms. The minimum absolute atomic E-state index is 0.0736. The molecular weight excluding hydrogens is 456 g/mol. The van der Waals surface area contributed by atoms with Crippen LogP contribution in [0, 0.1) is 6.92 Å². The molecule has 0 aliphatic carbocycles. The lowest BCUT2D eigenvalue weighted by atomic mass is 9.99. The summed E-state index contributed by atoms with van der Waals surface area (Å²) in [6, 6.07) is 24.9. The van der Waals surface area contributed by atoms with Crippen LogP contribution in [0.15, 0.2) is 78.9 Å². The Kier molecular flexibility index (Phi) is 9.11. The molecule has 1 N–H and O–H groups in total. The molecule has 0 heterocycles. The third-order valence-electron chi connectivity index (χ3n) is 5.81. The highest BCUT2D eigenvalue weighted by Crippen LogP contribution is 2.20. The van der Waals surface area contributed by atoms with E-state index in [1.54, 1.807) is 4.90 Å². The number of nitrogens with zero attached hydrogens (tertiary/aromatic N) is 1. The van der Waals surface area contributed by atoms with E-state index in [0.29, 0.717) is 24.4 Å². The van der Waals surface area contributed by atoms with E-state index in [9.17, 15) is 9.59 Å². The summed E-state index contributed by atoms with van der Waals surface area (Å²) in [5.74, 6) is -0.227. The summed E-state index contributed by atoms with van der Waals surface area (Å²) in [5.41, 5.74) is 3.66. The van der Waals surface area contributed by atoms with Crippen molar-refractivity contribution in [3.63, 3.8) is 0 Å². The van der Waals surface area contributed by atoms with Crippen LogP contribution in [0.3, 0.4) is 0 Å². The Hall–Kier alpha value is -3.11. The van der Waals surface area contributed by atoms with Crippen LogP contribution in [-0.4, -0.2) is 28.3 Å². The number of amides is 2. The maximum Gasteiger partial charge on any atom is 0.243 e. The van der Waals surface area contributed by atoms with E-state index in [1.165, 1.54) is 0 Å². The smallest absolute Gasteiger partial charge is 0.243 e. The third-order valence-corrected chi connectivity index (χ3v) is 6.18. The maximum atomic E-state index is 13.7. The van der Waals surface area contributed by atoms with Gasteiger partial charge >= 0.3 is 0 Å². The summed E-state index contributed by atoms with van der Waals surface area (Å²) in [4.78, 5) is 29.0. The van der Waals surface area contributed by atoms with Gasteiger partial charge in [-0.05, 0) is 56.9 Å². The molecule has 0 spiro atoms. The highest BCUT2D eigenvalue weighted by molar-refractivity contribution is 6.31. The fraction of sp³-hybridized carbons (Fsp3) is 0.333. The number of nitrogens with one attached hydrogen (secondary N) is 1. The van der Waals surface area contributed by atoms with Gasteiger partial charge in [0, 0.05) is 29.9 Å². The lowest BCUT2D eigenvalue weighted by Gasteiger charge is -2.34. The average Bonchev–Trinajstić information content (AvgIpc) is 2.81. The van der Waals surface area contributed by atoms with Gasteiger partial charge in [0.1, 0.15) is 6.04 Å². The largest absolute Gasteiger partial charge is 0.350 e. The zero-order valence-corrected chi connectivity index (χ0v) is 21.8. The number of benzene rings is 3. The Morgan fingerprint density at radius 2 is 1.51 bits per heavy atom. The lowest BCUT2D eigenvalue weighted by molar-refractivity contribution is -0.141. The number of aryl methyl sites for hydroxylation is 2. The van der Waals surface area contributed by atoms with E-state index in [0.717, 1.165) is 22.3 Å². The van der Waals surface area contributed by atoms with E-state index in [1.807, 2.05) is 107 Å². The normalized spacial score (nSPS) is 12.1. The van der Waals surface area contributed by atoms with Crippen molar-refractivity contribution in [3.8, 4) is 0 Å². The summed E-state index contributed by atoms with van der Waals surface area (Å²) in [7, 11) is 0. The first-order valence-electron chi connectivity index (χ1n) is 12.1. The van der Waals surface area contributed by atoms with Crippen molar-refractivity contribution in [2.45, 2.75) is 65.1 Å². The molecule has 0 aliphatic heterocycles. The number of hydrogen-bond acceptors (Lipinski definition) is 2.